The molecular formula is C18H14Mn. The van der Waals surface area contributed by atoms with Crippen molar-refractivity contribution in [1.29, 1.82) is 0 Å². The molecule has 0 aliphatic heterocycles. The first kappa shape index (κ1) is 13.6. The van der Waals surface area contributed by atoms with Crippen molar-refractivity contribution in [1.82, 2.24) is 0 Å². The maximum atomic E-state index is 2.12. The second kappa shape index (κ2) is 6.38. The average molecular weight is 285 g/mol. The van der Waals surface area contributed by atoms with Crippen molar-refractivity contribution in [2.75, 3.05) is 0 Å². The van der Waals surface area contributed by atoms with Crippen LogP contribution in [0, 0.1) is 0 Å². The van der Waals surface area contributed by atoms with E-state index in [4.69, 9.17) is 0 Å². The molecule has 0 amide bonds. The third kappa shape index (κ3) is 3.14. The van der Waals surface area contributed by atoms with Crippen LogP contribution < -0.4 is 0 Å². The Bertz CT molecular complexity index is 620. The molecule has 0 heterocycles. The fraction of sp³-hybridized carbons (Fsp3) is 0. The monoisotopic (exact) mass is 285 g/mol. The van der Waals surface area contributed by atoms with E-state index in [0.717, 1.165) is 0 Å². The Balaban J connectivity index is 0.000000133. The van der Waals surface area contributed by atoms with Crippen molar-refractivity contribution in [2.45, 2.75) is 0 Å². The Morgan fingerprint density at radius 1 is 0.526 bits per heavy atom. The predicted octanol–water partition coefficient (Wildman–Crippen LogP) is 5.11. The summed E-state index contributed by atoms with van der Waals surface area (Å²) in [6.45, 7) is 0. The van der Waals surface area contributed by atoms with Gasteiger partial charge in [-0.2, -0.15) is 35.0 Å². The van der Waals surface area contributed by atoms with Crippen LogP contribution in [0.1, 0.15) is 0 Å². The topological polar surface area (TPSA) is 0 Å². The molecule has 4 aromatic carbocycles. The van der Waals surface area contributed by atoms with Crippen molar-refractivity contribution >= 4 is 21.5 Å². The molecule has 0 saturated heterocycles. The molecule has 0 fully saturated rings. The van der Waals surface area contributed by atoms with Crippen LogP contribution >= 0.6 is 0 Å². The van der Waals surface area contributed by atoms with Gasteiger partial charge in [0.25, 0.3) is 0 Å². The van der Waals surface area contributed by atoms with Gasteiger partial charge in [0.15, 0.2) is 0 Å². The van der Waals surface area contributed by atoms with E-state index >= 15 is 0 Å². The Hall–Kier alpha value is -1.82. The number of benzene rings is 2. The first-order chi connectivity index (χ1) is 8.93. The maximum absolute atomic E-state index is 2.12. The molecule has 4 aromatic rings. The quantitative estimate of drug-likeness (QED) is 0.311. The van der Waals surface area contributed by atoms with Crippen molar-refractivity contribution in [3.63, 3.8) is 0 Å². The van der Waals surface area contributed by atoms with Crippen LogP contribution in [0.3, 0.4) is 0 Å². The van der Waals surface area contributed by atoms with E-state index in [1.54, 1.807) is 0 Å². The predicted molar refractivity (Wildman–Crippen MR) is 79.1 cm³/mol. The summed E-state index contributed by atoms with van der Waals surface area (Å²) in [6.07, 6.45) is 0. The summed E-state index contributed by atoms with van der Waals surface area (Å²) in [5.74, 6) is 0. The van der Waals surface area contributed by atoms with Gasteiger partial charge in [-0.05, 0) is 0 Å². The summed E-state index contributed by atoms with van der Waals surface area (Å²) in [6, 6.07) is 29.3. The minimum absolute atomic E-state index is 0. The first-order valence-corrected chi connectivity index (χ1v) is 6.14. The van der Waals surface area contributed by atoms with Gasteiger partial charge in [-0.15, -0.1) is 59.3 Å². The Morgan fingerprint density at radius 3 is 1.37 bits per heavy atom. The van der Waals surface area contributed by atoms with Gasteiger partial charge in [0.1, 0.15) is 0 Å². The smallest absolute Gasteiger partial charge is 0.168 e. The van der Waals surface area contributed by atoms with Crippen molar-refractivity contribution < 1.29 is 17.1 Å². The maximum Gasteiger partial charge on any atom is 2.00 e. The zero-order valence-corrected chi connectivity index (χ0v) is 11.6. The van der Waals surface area contributed by atoms with E-state index in [2.05, 4.69) is 84.9 Å². The van der Waals surface area contributed by atoms with E-state index in [0.29, 0.717) is 0 Å². The van der Waals surface area contributed by atoms with Crippen LogP contribution in [0.4, 0.5) is 0 Å². The van der Waals surface area contributed by atoms with E-state index in [1.807, 2.05) is 0 Å². The van der Waals surface area contributed by atoms with Crippen LogP contribution in [-0.4, -0.2) is 0 Å². The van der Waals surface area contributed by atoms with Gasteiger partial charge < -0.3 is 0 Å². The zero-order valence-electron chi connectivity index (χ0n) is 10.5. The van der Waals surface area contributed by atoms with Gasteiger partial charge >= 0.3 is 17.1 Å². The van der Waals surface area contributed by atoms with Crippen molar-refractivity contribution in [3.05, 3.63) is 84.9 Å². The van der Waals surface area contributed by atoms with E-state index in [-0.39, 0.29) is 17.1 Å². The summed E-state index contributed by atoms with van der Waals surface area (Å²) in [5, 5.41) is 5.32. The molecule has 0 N–H and O–H groups in total. The summed E-state index contributed by atoms with van der Waals surface area (Å²) < 4.78 is 0. The Labute approximate surface area is 123 Å². The summed E-state index contributed by atoms with van der Waals surface area (Å²) in [4.78, 5) is 0. The molecule has 93 valence electrons. The largest absolute Gasteiger partial charge is 2.00 e. The molecule has 1 heteroatoms. The Morgan fingerprint density at radius 2 is 0.947 bits per heavy atom. The van der Waals surface area contributed by atoms with Gasteiger partial charge in [0.2, 0.25) is 0 Å². The fourth-order valence-electron chi connectivity index (χ4n) is 2.14. The molecule has 0 atom stereocenters. The Kier molecular flexibility index (Phi) is 4.57. The molecule has 0 bridgehead atoms. The molecule has 0 unspecified atom stereocenters. The van der Waals surface area contributed by atoms with Gasteiger partial charge in [-0.3, -0.25) is 0 Å². The molecule has 0 aliphatic carbocycles. The molecule has 4 rings (SSSR count). The minimum atomic E-state index is 0. The second-order valence-electron chi connectivity index (χ2n) is 4.31. The summed E-state index contributed by atoms with van der Waals surface area (Å²) >= 11 is 0. The van der Waals surface area contributed by atoms with Crippen LogP contribution in [0.5, 0.6) is 0 Å². The third-order valence-corrected chi connectivity index (χ3v) is 3.10. The van der Waals surface area contributed by atoms with Crippen LogP contribution in [0.15, 0.2) is 84.9 Å². The van der Waals surface area contributed by atoms with Crippen LogP contribution in [0.25, 0.3) is 21.5 Å². The van der Waals surface area contributed by atoms with Gasteiger partial charge in [0, 0.05) is 0 Å². The van der Waals surface area contributed by atoms with Gasteiger partial charge in [-0.1, -0.05) is 12.1 Å². The zero-order chi connectivity index (χ0) is 12.2. The molecule has 0 spiro atoms. The molecule has 1 radical (unpaired) electrons. The third-order valence-electron chi connectivity index (χ3n) is 3.10. The number of hydrogen-bond donors (Lipinski definition) is 0. The van der Waals surface area contributed by atoms with Crippen LogP contribution in [0.2, 0.25) is 0 Å². The molecule has 0 aliphatic rings. The standard InChI is InChI=1S/2C9H7.Mn/c2*1-2-5-9-7-3-6-8(9)4-1;/h2*1-7H;/q2*-1;+2. The van der Waals surface area contributed by atoms with Crippen molar-refractivity contribution in [2.24, 2.45) is 0 Å². The summed E-state index contributed by atoms with van der Waals surface area (Å²) in [7, 11) is 0. The molecule has 0 aromatic heterocycles. The SMILES string of the molecule is [Mn+2].c1ccc2[cH-]ccc2c1.c1ccc2[cH-]ccc2c1. The van der Waals surface area contributed by atoms with Gasteiger partial charge in [0.05, 0.1) is 0 Å². The summed E-state index contributed by atoms with van der Waals surface area (Å²) in [5.41, 5.74) is 0. The number of rotatable bonds is 0. The second-order valence-corrected chi connectivity index (χ2v) is 4.31. The van der Waals surface area contributed by atoms with E-state index in [1.165, 1.54) is 21.5 Å². The van der Waals surface area contributed by atoms with Crippen molar-refractivity contribution in [3.8, 4) is 0 Å². The molecule has 19 heavy (non-hydrogen) atoms. The number of fused-ring (bicyclic) bond motifs is 2. The van der Waals surface area contributed by atoms with E-state index in [9.17, 15) is 0 Å². The fourth-order valence-corrected chi connectivity index (χ4v) is 2.14. The number of hydrogen-bond acceptors (Lipinski definition) is 0. The molecular weight excluding hydrogens is 271 g/mol. The molecule has 0 nitrogen and oxygen atoms in total. The first-order valence-electron chi connectivity index (χ1n) is 6.14. The van der Waals surface area contributed by atoms with Crippen LogP contribution in [-0.2, 0) is 17.1 Å². The van der Waals surface area contributed by atoms with Gasteiger partial charge in [-0.25, -0.2) is 0 Å². The molecule has 0 saturated carbocycles. The van der Waals surface area contributed by atoms with E-state index < -0.39 is 0 Å². The minimum Gasteiger partial charge on any atom is -0.168 e. The average Bonchev–Trinajstić information content (AvgIpc) is 3.08. The normalized spacial score (nSPS) is 9.68.